The predicted molar refractivity (Wildman–Crippen MR) is 80.6 cm³/mol. The van der Waals surface area contributed by atoms with E-state index in [0.717, 1.165) is 11.1 Å². The number of nitrogens with zero attached hydrogens (tertiary/aromatic N) is 2. The zero-order chi connectivity index (χ0) is 15.8. The number of benzene rings is 2. The van der Waals surface area contributed by atoms with Gasteiger partial charge in [-0.25, -0.2) is 5.43 Å². The lowest BCUT2D eigenvalue weighted by Crippen LogP contribution is -2.18. The van der Waals surface area contributed by atoms with Gasteiger partial charge in [-0.3, -0.25) is 4.79 Å². The molecule has 0 saturated carbocycles. The molecule has 0 aromatic heterocycles. The van der Waals surface area contributed by atoms with Gasteiger partial charge in [-0.1, -0.05) is 24.3 Å². The van der Waals surface area contributed by atoms with Crippen LogP contribution in [-0.4, -0.2) is 12.5 Å². The van der Waals surface area contributed by atoms with E-state index in [4.69, 9.17) is 10.00 Å². The summed E-state index contributed by atoms with van der Waals surface area (Å²) in [6.07, 6.45) is 0.0586. The maximum absolute atomic E-state index is 11.0. The fourth-order valence-corrected chi connectivity index (χ4v) is 1.85. The van der Waals surface area contributed by atoms with Crippen molar-refractivity contribution in [2.45, 2.75) is 6.42 Å². The minimum absolute atomic E-state index is 0.0586. The van der Waals surface area contributed by atoms with Crippen LogP contribution in [0.15, 0.2) is 53.8 Å². The number of nitriles is 1. The lowest BCUT2D eigenvalue weighted by Gasteiger charge is -2.07. The molecule has 0 saturated heterocycles. The molecule has 1 amide bonds. The molecule has 0 heterocycles. The fourth-order valence-electron chi connectivity index (χ4n) is 1.85. The summed E-state index contributed by atoms with van der Waals surface area (Å²) in [6.45, 7) is 0.164. The lowest BCUT2D eigenvalue weighted by molar-refractivity contribution is -0.121. The third-order valence-corrected chi connectivity index (χ3v) is 2.97. The van der Waals surface area contributed by atoms with E-state index in [9.17, 15) is 9.70 Å². The highest BCUT2D eigenvalue weighted by Gasteiger charge is 2.02. The van der Waals surface area contributed by atoms with E-state index in [2.05, 4.69) is 11.4 Å². The quantitative estimate of drug-likeness (QED) is 0.655. The molecular formula is C16H13N3O3. The van der Waals surface area contributed by atoms with Crippen LogP contribution in [0, 0.1) is 16.2 Å². The van der Waals surface area contributed by atoms with Gasteiger partial charge in [0.25, 0.3) is 0 Å². The Morgan fingerprint density at radius 2 is 1.68 bits per heavy atom. The summed E-state index contributed by atoms with van der Waals surface area (Å²) >= 11 is 0. The highest BCUT2D eigenvalue weighted by atomic mass is 16.5. The molecule has 0 aliphatic rings. The van der Waals surface area contributed by atoms with E-state index >= 15 is 0 Å². The van der Waals surface area contributed by atoms with Gasteiger partial charge in [0.2, 0.25) is 5.91 Å². The second-order valence-electron chi connectivity index (χ2n) is 4.44. The van der Waals surface area contributed by atoms with Crippen molar-refractivity contribution in [2.24, 2.45) is 5.29 Å². The molecule has 110 valence electrons. The molecule has 0 unspecified atom stereocenters. The fraction of sp³-hybridized carbons (Fsp3) is 0.125. The van der Waals surface area contributed by atoms with E-state index in [1.165, 1.54) is 0 Å². The van der Waals surface area contributed by atoms with Crippen LogP contribution in [0.25, 0.3) is 11.1 Å². The first-order chi connectivity index (χ1) is 10.7. The number of ether oxygens (including phenoxy) is 1. The number of rotatable bonds is 6. The minimum atomic E-state index is -0.482. The first kappa shape index (κ1) is 15.2. The molecule has 0 spiro atoms. The molecule has 0 aliphatic heterocycles. The largest absolute Gasteiger partial charge is 0.493 e. The standard InChI is InChI=1S/C16H13N3O3/c17-11-12-1-3-13(4-2-12)14-5-7-15(8-6-14)22-10-9-16(20)18-19-21/h1-8H,9-10H2,(H,18,20,21). The normalized spacial score (nSPS) is 9.59. The molecular weight excluding hydrogens is 282 g/mol. The van der Waals surface area contributed by atoms with Crippen molar-refractivity contribution < 1.29 is 9.53 Å². The van der Waals surface area contributed by atoms with Crippen LogP contribution in [0.5, 0.6) is 5.75 Å². The summed E-state index contributed by atoms with van der Waals surface area (Å²) in [6, 6.07) is 16.7. The topological polar surface area (TPSA) is 91.5 Å². The molecule has 1 N–H and O–H groups in total. The van der Waals surface area contributed by atoms with Crippen LogP contribution in [0.1, 0.15) is 12.0 Å². The number of carbonyl (C=O) groups excluding carboxylic acids is 1. The van der Waals surface area contributed by atoms with Crippen molar-refractivity contribution >= 4 is 5.91 Å². The number of carbonyl (C=O) groups is 1. The summed E-state index contributed by atoms with van der Waals surface area (Å²) in [5, 5.41) is 11.1. The summed E-state index contributed by atoms with van der Waals surface area (Å²) in [7, 11) is 0. The predicted octanol–water partition coefficient (Wildman–Crippen LogP) is 2.79. The van der Waals surface area contributed by atoms with Crippen LogP contribution < -0.4 is 10.2 Å². The van der Waals surface area contributed by atoms with E-state index in [1.54, 1.807) is 29.7 Å². The molecule has 0 aliphatic carbocycles. The Morgan fingerprint density at radius 3 is 2.23 bits per heavy atom. The molecule has 6 nitrogen and oxygen atoms in total. The molecule has 0 fully saturated rings. The van der Waals surface area contributed by atoms with Crippen molar-refractivity contribution in [1.29, 1.82) is 5.26 Å². The zero-order valence-corrected chi connectivity index (χ0v) is 11.7. The number of nitroso groups, excluding NO2 is 1. The Kier molecular flexibility index (Phi) is 5.21. The summed E-state index contributed by atoms with van der Waals surface area (Å²) in [5.74, 6) is 0.147. The summed E-state index contributed by atoms with van der Waals surface area (Å²) < 4.78 is 5.40. The van der Waals surface area contributed by atoms with Gasteiger partial charge >= 0.3 is 0 Å². The maximum Gasteiger partial charge on any atom is 0.246 e. The van der Waals surface area contributed by atoms with Crippen LogP contribution >= 0.6 is 0 Å². The first-order valence-corrected chi connectivity index (χ1v) is 6.57. The van der Waals surface area contributed by atoms with Crippen molar-refractivity contribution in [3.05, 3.63) is 59.0 Å². The Bertz CT molecular complexity index is 688. The van der Waals surface area contributed by atoms with Gasteiger partial charge in [-0.15, -0.1) is 4.91 Å². The van der Waals surface area contributed by atoms with Gasteiger partial charge in [0.05, 0.1) is 29.9 Å². The van der Waals surface area contributed by atoms with Gasteiger partial charge in [-0.05, 0) is 35.4 Å². The lowest BCUT2D eigenvalue weighted by atomic mass is 10.0. The van der Waals surface area contributed by atoms with Gasteiger partial charge in [0.15, 0.2) is 0 Å². The first-order valence-electron chi connectivity index (χ1n) is 6.57. The van der Waals surface area contributed by atoms with E-state index in [-0.39, 0.29) is 13.0 Å². The number of hydrogen-bond donors (Lipinski definition) is 1. The van der Waals surface area contributed by atoms with Crippen molar-refractivity contribution in [1.82, 2.24) is 5.43 Å². The molecule has 22 heavy (non-hydrogen) atoms. The third kappa shape index (κ3) is 4.15. The Balaban J connectivity index is 1.93. The van der Waals surface area contributed by atoms with Crippen molar-refractivity contribution in [3.8, 4) is 22.9 Å². The van der Waals surface area contributed by atoms with Crippen molar-refractivity contribution in [3.63, 3.8) is 0 Å². The molecule has 0 atom stereocenters. The molecule has 0 radical (unpaired) electrons. The highest BCUT2D eigenvalue weighted by molar-refractivity contribution is 5.75. The Morgan fingerprint density at radius 1 is 1.09 bits per heavy atom. The second-order valence-corrected chi connectivity index (χ2v) is 4.44. The van der Waals surface area contributed by atoms with E-state index in [1.807, 2.05) is 24.3 Å². The second kappa shape index (κ2) is 7.55. The van der Waals surface area contributed by atoms with Crippen LogP contribution in [0.3, 0.4) is 0 Å². The Hall–Kier alpha value is -3.20. The third-order valence-electron chi connectivity index (χ3n) is 2.97. The zero-order valence-electron chi connectivity index (χ0n) is 11.7. The van der Waals surface area contributed by atoms with Gasteiger partial charge in [0.1, 0.15) is 5.75 Å². The monoisotopic (exact) mass is 295 g/mol. The number of nitrogens with one attached hydrogen (secondary N) is 1. The summed E-state index contributed by atoms with van der Waals surface area (Å²) in [4.78, 5) is 20.8. The molecule has 2 aromatic carbocycles. The summed E-state index contributed by atoms with van der Waals surface area (Å²) in [5.41, 5.74) is 4.42. The van der Waals surface area contributed by atoms with E-state index in [0.29, 0.717) is 11.3 Å². The van der Waals surface area contributed by atoms with Crippen molar-refractivity contribution in [2.75, 3.05) is 6.61 Å². The maximum atomic E-state index is 11.0. The molecule has 0 bridgehead atoms. The molecule has 2 rings (SSSR count). The molecule has 2 aromatic rings. The van der Waals surface area contributed by atoms with Gasteiger partial charge in [0, 0.05) is 0 Å². The van der Waals surface area contributed by atoms with E-state index < -0.39 is 5.91 Å². The van der Waals surface area contributed by atoms with Gasteiger partial charge in [-0.2, -0.15) is 5.26 Å². The smallest absolute Gasteiger partial charge is 0.246 e. The van der Waals surface area contributed by atoms with Crippen LogP contribution in [-0.2, 0) is 4.79 Å². The van der Waals surface area contributed by atoms with Gasteiger partial charge < -0.3 is 4.74 Å². The minimum Gasteiger partial charge on any atom is -0.493 e. The average Bonchev–Trinajstić information content (AvgIpc) is 2.56. The number of hydrogen-bond acceptors (Lipinski definition) is 5. The Labute approximate surface area is 127 Å². The molecule has 6 heteroatoms. The highest BCUT2D eigenvalue weighted by Crippen LogP contribution is 2.22. The average molecular weight is 295 g/mol. The SMILES string of the molecule is N#Cc1ccc(-c2ccc(OCCC(=O)NN=O)cc2)cc1. The van der Waals surface area contributed by atoms with Crippen LogP contribution in [0.4, 0.5) is 0 Å². The number of amides is 1. The van der Waals surface area contributed by atoms with Crippen LogP contribution in [0.2, 0.25) is 0 Å².